The number of hydrazine groups is 1. The number of pyridine rings is 1. The quantitative estimate of drug-likeness (QED) is 0.105. The lowest BCUT2D eigenvalue weighted by atomic mass is 9.83. The molecule has 5 N–H and O–H groups in total. The molecule has 0 bridgehead atoms. The molecular weight excluding hydrogens is 715 g/mol. The Bertz CT molecular complexity index is 1730. The summed E-state index contributed by atoms with van der Waals surface area (Å²) in [7, 11) is 2.81. The van der Waals surface area contributed by atoms with Gasteiger partial charge in [-0.1, -0.05) is 89.1 Å². The fourth-order valence-corrected chi connectivity index (χ4v) is 6.99. The number of carbonyl (C=O) groups excluding carboxylic acids is 4. The molecule has 1 aromatic heterocycles. The van der Waals surface area contributed by atoms with E-state index in [1.807, 2.05) is 95.3 Å². The summed E-state index contributed by atoms with van der Waals surface area (Å²) >= 11 is 0. The van der Waals surface area contributed by atoms with E-state index in [4.69, 9.17) is 9.47 Å². The second-order valence-corrected chi connectivity index (χ2v) is 14.6. The van der Waals surface area contributed by atoms with Crippen LogP contribution in [0.5, 0.6) is 5.75 Å². The number of nitrogens with one attached hydrogen (secondary N) is 4. The minimum Gasteiger partial charge on any atom is -0.497 e. The lowest BCUT2D eigenvalue weighted by molar-refractivity contribution is -0.132. The lowest BCUT2D eigenvalue weighted by Gasteiger charge is -2.36. The smallest absolute Gasteiger partial charge is 0.407 e. The van der Waals surface area contributed by atoms with Gasteiger partial charge in [-0.2, -0.15) is 0 Å². The molecule has 0 spiro atoms. The average Bonchev–Trinajstić information content (AvgIpc) is 3.54. The van der Waals surface area contributed by atoms with Gasteiger partial charge < -0.3 is 35.4 Å². The molecule has 14 heteroatoms. The molecule has 2 heterocycles. The number of rotatable bonds is 20. The number of aromatic nitrogens is 1. The average molecular weight is 774 g/mol. The maximum atomic E-state index is 14.6. The van der Waals surface area contributed by atoms with Crippen molar-refractivity contribution in [2.75, 3.05) is 27.3 Å². The zero-order valence-electron chi connectivity index (χ0n) is 33.7. The minimum atomic E-state index is -1.18. The Kier molecular flexibility index (Phi) is 16.5. The summed E-state index contributed by atoms with van der Waals surface area (Å²) in [6.07, 6.45) is -0.330. The first-order valence-electron chi connectivity index (χ1n) is 19.4. The van der Waals surface area contributed by atoms with Crippen LogP contribution in [0.25, 0.3) is 0 Å². The van der Waals surface area contributed by atoms with Crippen molar-refractivity contribution in [1.82, 2.24) is 36.3 Å². The summed E-state index contributed by atoms with van der Waals surface area (Å²) < 4.78 is 10.1. The number of hydrogen-bond donors (Lipinski definition) is 5. The minimum absolute atomic E-state index is 0.0797. The predicted octanol–water partition coefficient (Wildman–Crippen LogP) is 4.35. The van der Waals surface area contributed by atoms with Crippen LogP contribution in [0.3, 0.4) is 0 Å². The fourth-order valence-electron chi connectivity index (χ4n) is 6.99. The monoisotopic (exact) mass is 773 g/mol. The second kappa shape index (κ2) is 21.2. The Morgan fingerprint density at radius 3 is 2.25 bits per heavy atom. The number of nitrogens with zero attached hydrogens (tertiary/aromatic N) is 3. The molecule has 14 nitrogen and oxygen atoms in total. The molecule has 0 radical (unpaired) electrons. The summed E-state index contributed by atoms with van der Waals surface area (Å²) in [6, 6.07) is 20.1. The van der Waals surface area contributed by atoms with Gasteiger partial charge in [-0.05, 0) is 60.6 Å². The maximum Gasteiger partial charge on any atom is 0.407 e. The highest BCUT2D eigenvalue weighted by Crippen LogP contribution is 2.28. The van der Waals surface area contributed by atoms with Gasteiger partial charge >= 0.3 is 12.1 Å². The summed E-state index contributed by atoms with van der Waals surface area (Å²) in [5, 5.41) is 22.5. The predicted molar refractivity (Wildman–Crippen MR) is 213 cm³/mol. The normalized spacial score (nSPS) is 17.2. The Balaban J connectivity index is 1.64. The van der Waals surface area contributed by atoms with Gasteiger partial charge in [0.2, 0.25) is 5.91 Å². The number of methoxy groups -OCH3 is 2. The fraction of sp³-hybridized carbons (Fsp3) is 0.500. The SMILES string of the molecule is CCC(C)[C@H](NC(=O)OC)C(=O)NN(Cc1ccc(OC)cc1)C[C@H](O)[C@H](Cc1ccccc1)NC(=O)[C@H](C1CNC(=O)N1Cc1cccc(C)n1)[C@@H](C)CC. The van der Waals surface area contributed by atoms with Crippen molar-refractivity contribution in [3.05, 3.63) is 95.3 Å². The number of carbonyl (C=O) groups is 4. The van der Waals surface area contributed by atoms with Gasteiger partial charge in [0.15, 0.2) is 0 Å². The highest BCUT2D eigenvalue weighted by molar-refractivity contribution is 5.85. The molecule has 4 rings (SSSR count). The molecule has 2 aromatic carbocycles. The van der Waals surface area contributed by atoms with Crippen molar-refractivity contribution in [1.29, 1.82) is 0 Å². The molecule has 0 aliphatic carbocycles. The van der Waals surface area contributed by atoms with E-state index < -0.39 is 42.1 Å². The topological polar surface area (TPSA) is 174 Å². The molecule has 304 valence electrons. The number of alkyl carbamates (subject to hydrolysis) is 1. The maximum absolute atomic E-state index is 14.6. The number of aliphatic hydroxyl groups is 1. The largest absolute Gasteiger partial charge is 0.497 e. The third-order valence-electron chi connectivity index (χ3n) is 10.6. The molecular formula is C42H59N7O7. The van der Waals surface area contributed by atoms with Crippen LogP contribution in [0, 0.1) is 24.7 Å². The van der Waals surface area contributed by atoms with Gasteiger partial charge in [-0.3, -0.25) is 20.0 Å². The van der Waals surface area contributed by atoms with Crippen molar-refractivity contribution in [3.8, 4) is 5.75 Å². The van der Waals surface area contributed by atoms with E-state index in [-0.39, 0.29) is 50.0 Å². The molecule has 3 aromatic rings. The van der Waals surface area contributed by atoms with Crippen LogP contribution in [0.2, 0.25) is 0 Å². The molecule has 1 fully saturated rings. The zero-order valence-corrected chi connectivity index (χ0v) is 33.7. The molecule has 1 aliphatic heterocycles. The highest BCUT2D eigenvalue weighted by atomic mass is 16.5. The molecule has 7 atom stereocenters. The molecule has 0 saturated carbocycles. The van der Waals surface area contributed by atoms with Crippen molar-refractivity contribution < 1.29 is 33.8 Å². The van der Waals surface area contributed by atoms with Crippen molar-refractivity contribution in [2.24, 2.45) is 17.8 Å². The van der Waals surface area contributed by atoms with Crippen LogP contribution in [-0.2, 0) is 33.8 Å². The number of benzene rings is 2. The van der Waals surface area contributed by atoms with Gasteiger partial charge in [-0.25, -0.2) is 14.6 Å². The molecule has 56 heavy (non-hydrogen) atoms. The second-order valence-electron chi connectivity index (χ2n) is 14.6. The third kappa shape index (κ3) is 12.1. The summed E-state index contributed by atoms with van der Waals surface area (Å²) in [5.41, 5.74) is 6.21. The summed E-state index contributed by atoms with van der Waals surface area (Å²) in [6.45, 7) is 10.3. The third-order valence-corrected chi connectivity index (χ3v) is 10.6. The standard InChI is InChI=1S/C42H59N7O7/c1-8-27(3)37(35-23-43-41(53)49(35)25-32-17-13-14-29(5)44-32)39(51)45-34(22-30-15-11-10-12-16-30)36(50)26-48(24-31-18-20-33(55-6)21-19-31)47-40(52)38(28(4)9-2)46-42(54)56-7/h10-21,27-28,34-38,50H,8-9,22-26H2,1-7H3,(H,43,53)(H,45,51)(H,46,54)(H,47,52)/t27-,28?,34-,35?,36-,37-,38-/m0/s1. The number of amides is 5. The van der Waals surface area contributed by atoms with Crippen LogP contribution < -0.4 is 26.1 Å². The number of ether oxygens (including phenoxy) is 2. The van der Waals surface area contributed by atoms with Gasteiger partial charge in [0.25, 0.3) is 5.91 Å². The Hall–Kier alpha value is -5.21. The number of urea groups is 1. The van der Waals surface area contributed by atoms with Gasteiger partial charge in [0, 0.05) is 25.3 Å². The first kappa shape index (κ1) is 43.5. The van der Waals surface area contributed by atoms with E-state index in [1.54, 1.807) is 29.2 Å². The van der Waals surface area contributed by atoms with E-state index >= 15 is 0 Å². The summed E-state index contributed by atoms with van der Waals surface area (Å²) in [4.78, 5) is 60.1. The van der Waals surface area contributed by atoms with Crippen molar-refractivity contribution in [2.45, 2.75) is 91.2 Å². The highest BCUT2D eigenvalue weighted by Gasteiger charge is 2.43. The number of aliphatic hydroxyl groups excluding tert-OH is 1. The first-order valence-corrected chi connectivity index (χ1v) is 19.4. The van der Waals surface area contributed by atoms with Gasteiger partial charge in [0.1, 0.15) is 11.8 Å². The lowest BCUT2D eigenvalue weighted by Crippen LogP contribution is -2.58. The van der Waals surface area contributed by atoms with Crippen LogP contribution in [-0.4, -0.2) is 95.5 Å². The van der Waals surface area contributed by atoms with Crippen LogP contribution in [0.4, 0.5) is 9.59 Å². The number of hydrogen-bond acceptors (Lipinski definition) is 9. The molecule has 5 amide bonds. The summed E-state index contributed by atoms with van der Waals surface area (Å²) in [5.74, 6) is -1.05. The van der Waals surface area contributed by atoms with E-state index in [0.717, 1.165) is 22.5 Å². The van der Waals surface area contributed by atoms with E-state index in [0.29, 0.717) is 25.0 Å². The number of aryl methyl sites for hydroxylation is 1. The zero-order chi connectivity index (χ0) is 40.8. The molecule has 1 aliphatic rings. The van der Waals surface area contributed by atoms with E-state index in [1.165, 1.54) is 7.11 Å². The van der Waals surface area contributed by atoms with E-state index in [9.17, 15) is 24.3 Å². The molecule has 2 unspecified atom stereocenters. The van der Waals surface area contributed by atoms with Crippen molar-refractivity contribution in [3.63, 3.8) is 0 Å². The van der Waals surface area contributed by atoms with Crippen molar-refractivity contribution >= 4 is 23.9 Å². The Labute approximate surface area is 330 Å². The van der Waals surface area contributed by atoms with Crippen LogP contribution in [0.15, 0.2) is 72.8 Å². The Morgan fingerprint density at radius 2 is 1.62 bits per heavy atom. The van der Waals surface area contributed by atoms with Crippen LogP contribution >= 0.6 is 0 Å². The Morgan fingerprint density at radius 1 is 0.929 bits per heavy atom. The van der Waals surface area contributed by atoms with Gasteiger partial charge in [0.05, 0.1) is 50.6 Å². The first-order chi connectivity index (χ1) is 26.9. The van der Waals surface area contributed by atoms with Gasteiger partial charge in [-0.15, -0.1) is 0 Å². The van der Waals surface area contributed by atoms with E-state index in [2.05, 4.69) is 26.4 Å². The van der Waals surface area contributed by atoms with Crippen LogP contribution in [0.1, 0.15) is 63.1 Å². The molecule has 1 saturated heterocycles.